The van der Waals surface area contributed by atoms with Crippen molar-refractivity contribution in [3.05, 3.63) is 0 Å². The van der Waals surface area contributed by atoms with Crippen LogP contribution in [0.25, 0.3) is 0 Å². The van der Waals surface area contributed by atoms with Crippen LogP contribution < -0.4 is 0 Å². The van der Waals surface area contributed by atoms with Gasteiger partial charge in [-0.3, -0.25) is 9.35 Å². The summed E-state index contributed by atoms with van der Waals surface area (Å²) >= 11 is 0. The van der Waals surface area contributed by atoms with Crippen molar-refractivity contribution in [3.63, 3.8) is 0 Å². The van der Waals surface area contributed by atoms with Gasteiger partial charge in [-0.25, -0.2) is 12.6 Å². The van der Waals surface area contributed by atoms with Crippen LogP contribution in [0.3, 0.4) is 0 Å². The molecule has 0 amide bonds. The Morgan fingerprint density at radius 2 is 1.90 bits per heavy atom. The van der Waals surface area contributed by atoms with E-state index in [0.717, 1.165) is 0 Å². The molecule has 0 saturated heterocycles. The third-order valence-corrected chi connectivity index (χ3v) is 3.21. The Labute approximate surface area is 58.5 Å². The van der Waals surface area contributed by atoms with Crippen LogP contribution in [0.1, 0.15) is 0 Å². The van der Waals surface area contributed by atoms with E-state index in [4.69, 9.17) is 9.66 Å². The van der Waals surface area contributed by atoms with E-state index in [1.165, 1.54) is 0 Å². The van der Waals surface area contributed by atoms with Crippen molar-refractivity contribution >= 4 is 25.0 Å². The summed E-state index contributed by atoms with van der Waals surface area (Å²) in [7, 11) is -7.47. The zero-order chi connectivity index (χ0) is 8.36. The first kappa shape index (κ1) is 9.53. The Morgan fingerprint density at radius 1 is 1.50 bits per heavy atom. The number of carboxylic acid groups (broad SMARTS) is 1. The molecule has 0 radical (unpaired) electrons. The first-order valence-electron chi connectivity index (χ1n) is 1.92. The maximum absolute atomic E-state index is 10.2. The molecule has 0 fully saturated rings. The Balaban J connectivity index is 4.46. The number of rotatable bonds is 3. The molecule has 8 heteroatoms. The average molecular weight is 188 g/mol. The van der Waals surface area contributed by atoms with Gasteiger partial charge in [0.1, 0.15) is 0 Å². The number of hydrogen-bond acceptors (Lipinski definition) is 4. The van der Waals surface area contributed by atoms with E-state index in [1.54, 1.807) is 0 Å². The lowest BCUT2D eigenvalue weighted by Gasteiger charge is -1.91. The molecule has 2 N–H and O–H groups in total. The normalized spacial score (nSPS) is 14.5. The Kier molecular flexibility index (Phi) is 2.94. The van der Waals surface area contributed by atoms with Crippen molar-refractivity contribution in [1.82, 2.24) is 0 Å². The van der Waals surface area contributed by atoms with Gasteiger partial charge in [0.05, 0.1) is 0 Å². The third kappa shape index (κ3) is 2.90. The van der Waals surface area contributed by atoms with Crippen molar-refractivity contribution in [2.24, 2.45) is 0 Å². The van der Waals surface area contributed by atoms with Crippen LogP contribution in [0.5, 0.6) is 0 Å². The molecule has 1 atom stereocenters. The van der Waals surface area contributed by atoms with Gasteiger partial charge in [-0.15, -0.1) is 0 Å². The molecule has 0 saturated carbocycles. The van der Waals surface area contributed by atoms with Crippen LogP contribution in [0.2, 0.25) is 0 Å². The highest BCUT2D eigenvalue weighted by molar-refractivity contribution is 8.62. The lowest BCUT2D eigenvalue weighted by molar-refractivity contribution is -0.134. The SMILES string of the molecule is O=C(O)CS(=O)(=O)S(=O)O. The predicted molar refractivity (Wildman–Crippen MR) is 32.2 cm³/mol. The van der Waals surface area contributed by atoms with Crippen LogP contribution >= 0.6 is 0 Å². The van der Waals surface area contributed by atoms with E-state index in [2.05, 4.69) is 0 Å². The van der Waals surface area contributed by atoms with E-state index in [0.29, 0.717) is 0 Å². The maximum Gasteiger partial charge on any atom is 0.319 e. The number of hydrogen-bond donors (Lipinski definition) is 2. The van der Waals surface area contributed by atoms with E-state index in [1.807, 2.05) is 0 Å². The highest BCUT2D eigenvalue weighted by Gasteiger charge is 2.21. The smallest absolute Gasteiger partial charge is 0.319 e. The third-order valence-electron chi connectivity index (χ3n) is 0.517. The molecule has 0 rings (SSSR count). The molecule has 0 aliphatic carbocycles. The van der Waals surface area contributed by atoms with Gasteiger partial charge >= 0.3 is 5.97 Å². The Hall–Kier alpha value is -0.470. The van der Waals surface area contributed by atoms with Crippen LogP contribution in [0, 0.1) is 0 Å². The van der Waals surface area contributed by atoms with Crippen LogP contribution in [0.15, 0.2) is 0 Å². The van der Waals surface area contributed by atoms with Crippen molar-refractivity contribution in [2.45, 2.75) is 0 Å². The van der Waals surface area contributed by atoms with E-state index < -0.39 is 30.7 Å². The first-order valence-corrected chi connectivity index (χ1v) is 5.20. The second kappa shape index (κ2) is 3.08. The fraction of sp³-hybridized carbons (Fsp3) is 0.500. The molecule has 0 spiro atoms. The predicted octanol–water partition coefficient (Wildman–Crippen LogP) is -1.38. The molecular weight excluding hydrogens is 184 g/mol. The van der Waals surface area contributed by atoms with E-state index >= 15 is 0 Å². The molecule has 0 aromatic heterocycles. The topological polar surface area (TPSA) is 109 Å². The van der Waals surface area contributed by atoms with Crippen molar-refractivity contribution in [1.29, 1.82) is 0 Å². The van der Waals surface area contributed by atoms with Crippen LogP contribution in [-0.2, 0) is 23.8 Å². The minimum Gasteiger partial charge on any atom is -0.480 e. The molecular formula is C2H4O6S2. The summed E-state index contributed by atoms with van der Waals surface area (Å²) in [6.07, 6.45) is 0. The first-order chi connectivity index (χ1) is 4.36. The summed E-state index contributed by atoms with van der Waals surface area (Å²) in [5.74, 6) is -2.97. The molecule has 0 aliphatic rings. The fourth-order valence-electron chi connectivity index (χ4n) is 0.202. The Bertz CT molecular complexity index is 249. The number of aliphatic carboxylic acids is 1. The number of carbonyl (C=O) groups is 1. The number of carboxylic acids is 1. The fourth-order valence-corrected chi connectivity index (χ4v) is 1.21. The summed E-state index contributed by atoms with van der Waals surface area (Å²) in [5.41, 5.74) is 0. The minimum atomic E-state index is -4.37. The summed E-state index contributed by atoms with van der Waals surface area (Å²) < 4.78 is 38.2. The molecule has 6 nitrogen and oxygen atoms in total. The molecule has 60 valence electrons. The standard InChI is InChI=1S/C2H4O6S2/c3-2(4)1-10(7,8)9(5)6/h1H2,(H,3,4)(H,5,6). The van der Waals surface area contributed by atoms with Crippen molar-refractivity contribution in [3.8, 4) is 0 Å². The van der Waals surface area contributed by atoms with Gasteiger partial charge < -0.3 is 5.11 Å². The molecule has 0 aromatic carbocycles. The lowest BCUT2D eigenvalue weighted by atomic mass is 10.8. The molecule has 0 aromatic rings. The van der Waals surface area contributed by atoms with Crippen molar-refractivity contribution < 1.29 is 27.1 Å². The summed E-state index contributed by atoms with van der Waals surface area (Å²) in [5, 5.41) is 7.87. The summed E-state index contributed by atoms with van der Waals surface area (Å²) in [6, 6.07) is 0. The molecule has 10 heavy (non-hydrogen) atoms. The summed E-state index contributed by atoms with van der Waals surface area (Å²) in [4.78, 5) is 9.69. The highest BCUT2D eigenvalue weighted by Crippen LogP contribution is 1.93. The summed E-state index contributed by atoms with van der Waals surface area (Å²) in [6.45, 7) is 0. The monoisotopic (exact) mass is 188 g/mol. The molecule has 0 aliphatic heterocycles. The second-order valence-electron chi connectivity index (χ2n) is 1.31. The largest absolute Gasteiger partial charge is 0.480 e. The van der Waals surface area contributed by atoms with Gasteiger partial charge in [0.25, 0.3) is 19.0 Å². The van der Waals surface area contributed by atoms with Crippen molar-refractivity contribution in [2.75, 3.05) is 5.75 Å². The van der Waals surface area contributed by atoms with Gasteiger partial charge in [0.15, 0.2) is 5.75 Å². The second-order valence-corrected chi connectivity index (χ2v) is 5.53. The van der Waals surface area contributed by atoms with Crippen LogP contribution in [0.4, 0.5) is 0 Å². The van der Waals surface area contributed by atoms with E-state index in [-0.39, 0.29) is 0 Å². The van der Waals surface area contributed by atoms with E-state index in [9.17, 15) is 17.4 Å². The molecule has 0 heterocycles. The van der Waals surface area contributed by atoms with Gasteiger partial charge in [0.2, 0.25) is 0 Å². The maximum atomic E-state index is 10.2. The van der Waals surface area contributed by atoms with Crippen LogP contribution in [-0.4, -0.2) is 34.0 Å². The van der Waals surface area contributed by atoms with Gasteiger partial charge in [-0.1, -0.05) is 0 Å². The lowest BCUT2D eigenvalue weighted by Crippen LogP contribution is -2.18. The Morgan fingerprint density at radius 3 is 2.00 bits per heavy atom. The quantitative estimate of drug-likeness (QED) is 0.417. The van der Waals surface area contributed by atoms with Gasteiger partial charge in [-0.05, 0) is 0 Å². The minimum absolute atomic E-state index is 1.32. The van der Waals surface area contributed by atoms with Gasteiger partial charge in [-0.2, -0.15) is 0 Å². The molecule has 1 unspecified atom stereocenters. The highest BCUT2D eigenvalue weighted by atomic mass is 33.2. The zero-order valence-electron chi connectivity index (χ0n) is 4.55. The zero-order valence-corrected chi connectivity index (χ0v) is 6.18. The van der Waals surface area contributed by atoms with Gasteiger partial charge in [0, 0.05) is 0 Å². The molecule has 0 bridgehead atoms. The average Bonchev–Trinajstić information content (AvgIpc) is 1.60.